The molecule has 6 unspecified atom stereocenters. The monoisotopic (exact) mass is 889 g/mol. The maximum Gasteiger partial charge on any atom is 0.126 e. The smallest absolute Gasteiger partial charge is 0.126 e. The summed E-state index contributed by atoms with van der Waals surface area (Å²) in [6.07, 6.45) is 5.36. The molecule has 0 radical (unpaired) electrons. The zero-order valence-electron chi connectivity index (χ0n) is 41.5. The van der Waals surface area contributed by atoms with Crippen LogP contribution in [-0.2, 0) is 0 Å². The maximum atomic E-state index is 6.22. The average Bonchev–Trinajstić information content (AvgIpc) is 3.35. The van der Waals surface area contributed by atoms with Gasteiger partial charge in [0.2, 0.25) is 0 Å². The van der Waals surface area contributed by atoms with Gasteiger partial charge in [0.05, 0.1) is 42.7 Å². The number of hydrogen-bond donors (Lipinski definition) is 0. The summed E-state index contributed by atoms with van der Waals surface area (Å²) in [5.41, 5.74) is 14.5. The van der Waals surface area contributed by atoms with E-state index in [2.05, 4.69) is 151 Å². The van der Waals surface area contributed by atoms with Crippen LogP contribution >= 0.6 is 0 Å². The fraction of sp³-hybridized carbons (Fsp3) is 0.400. The molecular weight excluding hydrogens is 817 g/mol. The molecule has 1 aliphatic rings. The Morgan fingerprint density at radius 3 is 0.712 bits per heavy atom. The van der Waals surface area contributed by atoms with Gasteiger partial charge in [0.15, 0.2) is 0 Å². The van der Waals surface area contributed by atoms with Crippen LogP contribution in [0.3, 0.4) is 0 Å². The van der Waals surface area contributed by atoms with E-state index in [4.69, 9.17) is 28.4 Å². The first kappa shape index (κ1) is 48.1. The van der Waals surface area contributed by atoms with Gasteiger partial charge in [-0.15, -0.1) is 0 Å². The normalized spacial score (nSPS) is 19.3. The first-order valence-corrected chi connectivity index (χ1v) is 24.3. The second-order valence-corrected chi connectivity index (χ2v) is 17.8. The number of hydrogen-bond acceptors (Lipinski definition) is 6. The summed E-state index contributed by atoms with van der Waals surface area (Å²) in [5.74, 6) is 5.59. The van der Waals surface area contributed by atoms with Crippen molar-refractivity contribution in [2.24, 2.45) is 0 Å². The zero-order chi connectivity index (χ0) is 47.1. The molecule has 0 heterocycles. The third kappa shape index (κ3) is 9.13. The average molecular weight is 889 g/mol. The van der Waals surface area contributed by atoms with E-state index < -0.39 is 0 Å². The molecule has 6 nitrogen and oxygen atoms in total. The van der Waals surface area contributed by atoms with Crippen LogP contribution in [0.25, 0.3) is 0 Å². The molecular formula is C60H72O6. The fourth-order valence-electron chi connectivity index (χ4n) is 11.3. The van der Waals surface area contributed by atoms with Crippen molar-refractivity contribution in [3.05, 3.63) is 176 Å². The minimum Gasteiger partial charge on any atom is -0.496 e. The highest BCUT2D eigenvalue weighted by Crippen LogP contribution is 2.48. The van der Waals surface area contributed by atoms with E-state index in [1.165, 1.54) is 44.5 Å². The molecule has 6 aromatic rings. The van der Waals surface area contributed by atoms with Gasteiger partial charge in [-0.1, -0.05) is 114 Å². The van der Waals surface area contributed by atoms with Crippen molar-refractivity contribution in [2.45, 2.75) is 116 Å². The molecule has 0 saturated carbocycles. The lowest BCUT2D eigenvalue weighted by atomic mass is 9.78. The van der Waals surface area contributed by atoms with Crippen molar-refractivity contribution in [1.29, 1.82) is 0 Å². The van der Waals surface area contributed by atoms with Gasteiger partial charge in [0.1, 0.15) is 34.5 Å². The van der Waals surface area contributed by atoms with Gasteiger partial charge in [-0.3, -0.25) is 0 Å². The van der Waals surface area contributed by atoms with E-state index in [1.807, 2.05) is 0 Å². The zero-order valence-corrected chi connectivity index (χ0v) is 41.5. The standard InChI is InChI=1S/C60H72O6/c1-13-43-37-21-19-23-39(29-37)45(15-3)51-33-54(60(66-12)35-57(51)63-9)48(18-6)42-26-28-56(62-8)50(32-42)44(14-2)38-22-20-24-40(30-38)46(16-4)52-34-53(59(65-11)36-58(52)64-10)47(17-5)41-25-27-55(61-7)49(43)31-41/h19-36,43-48H,13-18H2,1-12H3. The van der Waals surface area contributed by atoms with Gasteiger partial charge in [0.25, 0.3) is 0 Å². The van der Waals surface area contributed by atoms with Crippen molar-refractivity contribution in [2.75, 3.05) is 42.7 Å². The summed E-state index contributed by atoms with van der Waals surface area (Å²) >= 11 is 0. The van der Waals surface area contributed by atoms with Crippen molar-refractivity contribution in [3.63, 3.8) is 0 Å². The molecule has 0 N–H and O–H groups in total. The summed E-state index contributed by atoms with van der Waals surface area (Å²) in [4.78, 5) is 0. The summed E-state index contributed by atoms with van der Waals surface area (Å²) in [6, 6.07) is 41.0. The molecule has 0 spiro atoms. The molecule has 6 heteroatoms. The largest absolute Gasteiger partial charge is 0.496 e. The van der Waals surface area contributed by atoms with E-state index in [0.717, 1.165) is 95.3 Å². The highest BCUT2D eigenvalue weighted by atomic mass is 16.5. The van der Waals surface area contributed by atoms with Crippen LogP contribution in [0.5, 0.6) is 34.5 Å². The van der Waals surface area contributed by atoms with E-state index in [9.17, 15) is 0 Å². The van der Waals surface area contributed by atoms with Crippen molar-refractivity contribution in [1.82, 2.24) is 0 Å². The molecule has 0 fully saturated rings. The molecule has 0 amide bonds. The quantitative estimate of drug-likeness (QED) is 0.122. The number of rotatable bonds is 12. The Morgan fingerprint density at radius 2 is 0.485 bits per heavy atom. The Balaban J connectivity index is 1.55. The van der Waals surface area contributed by atoms with Gasteiger partial charge in [-0.2, -0.15) is 0 Å². The lowest BCUT2D eigenvalue weighted by Gasteiger charge is -2.28. The summed E-state index contributed by atoms with van der Waals surface area (Å²) < 4.78 is 37.3. The molecule has 66 heavy (non-hydrogen) atoms. The number of ether oxygens (including phenoxy) is 6. The van der Waals surface area contributed by atoms with Gasteiger partial charge >= 0.3 is 0 Å². The first-order valence-electron chi connectivity index (χ1n) is 24.3. The molecule has 7 rings (SSSR count). The molecule has 0 aliphatic heterocycles. The van der Waals surface area contributed by atoms with Crippen LogP contribution in [0.4, 0.5) is 0 Å². The fourth-order valence-corrected chi connectivity index (χ4v) is 11.3. The lowest BCUT2D eigenvalue weighted by molar-refractivity contribution is 0.384. The number of benzene rings is 6. The highest BCUT2D eigenvalue weighted by Gasteiger charge is 2.30. The van der Waals surface area contributed by atoms with Crippen LogP contribution < -0.4 is 28.4 Å². The Morgan fingerprint density at radius 1 is 0.258 bits per heavy atom. The number of methoxy groups -OCH3 is 6. The Labute approximate surface area is 395 Å². The molecule has 348 valence electrons. The van der Waals surface area contributed by atoms with Crippen molar-refractivity contribution >= 4 is 0 Å². The second kappa shape index (κ2) is 21.6. The van der Waals surface area contributed by atoms with Crippen LogP contribution in [0.2, 0.25) is 0 Å². The highest BCUT2D eigenvalue weighted by molar-refractivity contribution is 5.58. The van der Waals surface area contributed by atoms with E-state index >= 15 is 0 Å². The summed E-state index contributed by atoms with van der Waals surface area (Å²) in [5, 5.41) is 0. The molecule has 0 saturated heterocycles. The van der Waals surface area contributed by atoms with Gasteiger partial charge in [0, 0.05) is 81.0 Å². The number of fused-ring (bicyclic) bond motifs is 12. The summed E-state index contributed by atoms with van der Waals surface area (Å²) in [6.45, 7) is 13.7. The topological polar surface area (TPSA) is 55.4 Å². The molecule has 6 aromatic carbocycles. The van der Waals surface area contributed by atoms with Crippen LogP contribution in [0, 0.1) is 0 Å². The van der Waals surface area contributed by atoms with E-state index in [1.54, 1.807) is 42.7 Å². The van der Waals surface area contributed by atoms with Crippen LogP contribution in [0.15, 0.2) is 109 Å². The third-order valence-electron chi connectivity index (χ3n) is 14.6. The predicted octanol–water partition coefficient (Wildman–Crippen LogP) is 15.3. The summed E-state index contributed by atoms with van der Waals surface area (Å²) in [7, 11) is 10.7. The maximum absolute atomic E-state index is 6.22. The van der Waals surface area contributed by atoms with E-state index in [-0.39, 0.29) is 35.5 Å². The van der Waals surface area contributed by atoms with Crippen molar-refractivity contribution < 1.29 is 28.4 Å². The Bertz CT molecular complexity index is 2410. The molecule has 0 aromatic heterocycles. The predicted molar refractivity (Wildman–Crippen MR) is 271 cm³/mol. The minimum absolute atomic E-state index is 0.0600. The van der Waals surface area contributed by atoms with Crippen LogP contribution in [-0.4, -0.2) is 42.7 Å². The van der Waals surface area contributed by atoms with Gasteiger partial charge < -0.3 is 28.4 Å². The SMILES string of the molecule is CCC1c2cccc(c2)C(CC)c2cc(c(OC)cc2OC)C(CC)c2ccc(OC)c(c2)C(CC)c2cccc(c2)C(CC)c2cc(c(OC)cc2OC)C(CC)c2ccc(OC)c1c2. The Hall–Kier alpha value is -5.88. The van der Waals surface area contributed by atoms with E-state index in [0.29, 0.717) is 0 Å². The first-order chi connectivity index (χ1) is 32.2. The lowest BCUT2D eigenvalue weighted by Crippen LogP contribution is -2.11. The Kier molecular flexibility index (Phi) is 15.7. The van der Waals surface area contributed by atoms with Crippen LogP contribution in [0.1, 0.15) is 182 Å². The van der Waals surface area contributed by atoms with Crippen molar-refractivity contribution in [3.8, 4) is 34.5 Å². The van der Waals surface area contributed by atoms with Gasteiger partial charge in [-0.05, 0) is 96.2 Å². The van der Waals surface area contributed by atoms with Gasteiger partial charge in [-0.25, -0.2) is 0 Å². The molecule has 1 aliphatic carbocycles. The molecule has 12 bridgehead atoms. The third-order valence-corrected chi connectivity index (χ3v) is 14.6. The molecule has 6 atom stereocenters. The minimum atomic E-state index is 0.0600. The second-order valence-electron chi connectivity index (χ2n) is 17.8.